The van der Waals surface area contributed by atoms with E-state index in [9.17, 15) is 0 Å². The third-order valence-electron chi connectivity index (χ3n) is 11.7. The molecule has 0 saturated carbocycles. The van der Waals surface area contributed by atoms with Gasteiger partial charge in [0.2, 0.25) is 0 Å². The first-order chi connectivity index (χ1) is 28.3. The third kappa shape index (κ3) is 5.51. The standard InChI is InChI=1S/C54H37BN2/c1-5-17-38(18-6-1)40-29-33-44(34-30-40)56-50-27-15-13-25-48(50)55-49-26-14-16-28-51(49)57(45-35-31-41(32-36-45)39-19-7-2-8-20-39)54-47(43-23-11-4-12-24-43)37-46(53(56)52(54)55)42-21-9-3-10-22-42/h1-37H. The lowest BCUT2D eigenvalue weighted by atomic mass is 9.33. The highest BCUT2D eigenvalue weighted by Gasteiger charge is 2.45. The van der Waals surface area contributed by atoms with Gasteiger partial charge in [0, 0.05) is 33.9 Å². The number of benzene rings is 9. The molecule has 0 unspecified atom stereocenters. The fourth-order valence-electron chi connectivity index (χ4n) is 9.11. The Labute approximate surface area is 334 Å². The first-order valence-electron chi connectivity index (χ1n) is 19.7. The first kappa shape index (κ1) is 33.0. The predicted molar refractivity (Wildman–Crippen MR) is 242 cm³/mol. The second-order valence-electron chi connectivity index (χ2n) is 14.9. The molecule has 0 aliphatic carbocycles. The predicted octanol–water partition coefficient (Wildman–Crippen LogP) is 12.4. The molecule has 0 amide bonds. The summed E-state index contributed by atoms with van der Waals surface area (Å²) in [4.78, 5) is 5.06. The highest BCUT2D eigenvalue weighted by atomic mass is 15.2. The molecule has 0 bridgehead atoms. The topological polar surface area (TPSA) is 6.48 Å². The highest BCUT2D eigenvalue weighted by Crippen LogP contribution is 2.51. The van der Waals surface area contributed by atoms with Crippen molar-refractivity contribution in [1.82, 2.24) is 0 Å². The average Bonchev–Trinajstić information content (AvgIpc) is 3.30. The van der Waals surface area contributed by atoms with E-state index in [2.05, 4.69) is 234 Å². The Morgan fingerprint density at radius 1 is 0.281 bits per heavy atom. The van der Waals surface area contributed by atoms with Gasteiger partial charge in [0.05, 0.1) is 11.4 Å². The maximum Gasteiger partial charge on any atom is 0.252 e. The van der Waals surface area contributed by atoms with Gasteiger partial charge >= 0.3 is 0 Å². The van der Waals surface area contributed by atoms with Crippen molar-refractivity contribution in [2.24, 2.45) is 0 Å². The maximum absolute atomic E-state index is 2.53. The summed E-state index contributed by atoms with van der Waals surface area (Å²) in [6.45, 7) is 0.00760. The highest BCUT2D eigenvalue weighted by molar-refractivity contribution is 7.00. The molecule has 0 spiro atoms. The Hall–Kier alpha value is -7.36. The van der Waals surface area contributed by atoms with Crippen LogP contribution in [0, 0.1) is 0 Å². The van der Waals surface area contributed by atoms with Crippen molar-refractivity contribution in [1.29, 1.82) is 0 Å². The lowest BCUT2D eigenvalue weighted by molar-refractivity contribution is 1.25. The maximum atomic E-state index is 2.53. The molecule has 11 rings (SSSR count). The van der Waals surface area contributed by atoms with E-state index < -0.39 is 0 Å². The quantitative estimate of drug-likeness (QED) is 0.158. The minimum absolute atomic E-state index is 0.00760. The number of hydrogen-bond donors (Lipinski definition) is 0. The number of hydrogen-bond acceptors (Lipinski definition) is 2. The molecule has 2 heterocycles. The number of para-hydroxylation sites is 2. The van der Waals surface area contributed by atoms with Gasteiger partial charge in [0.15, 0.2) is 0 Å². The summed E-state index contributed by atoms with van der Waals surface area (Å²) in [6, 6.07) is 82.0. The molecule has 0 aromatic heterocycles. The van der Waals surface area contributed by atoms with Crippen LogP contribution in [-0.2, 0) is 0 Å². The number of fused-ring (bicyclic) bond motifs is 4. The van der Waals surface area contributed by atoms with Crippen molar-refractivity contribution in [3.63, 3.8) is 0 Å². The van der Waals surface area contributed by atoms with E-state index in [-0.39, 0.29) is 6.71 Å². The number of nitrogens with zero attached hydrogens (tertiary/aromatic N) is 2. The smallest absolute Gasteiger partial charge is 0.252 e. The summed E-state index contributed by atoms with van der Waals surface area (Å²) in [6.07, 6.45) is 0. The minimum atomic E-state index is 0.00760. The van der Waals surface area contributed by atoms with Gasteiger partial charge in [-0.3, -0.25) is 0 Å². The van der Waals surface area contributed by atoms with Gasteiger partial charge in [-0.15, -0.1) is 0 Å². The number of rotatable bonds is 6. The summed E-state index contributed by atoms with van der Waals surface area (Å²) < 4.78 is 0. The summed E-state index contributed by atoms with van der Waals surface area (Å²) in [5.74, 6) is 0. The zero-order valence-corrected chi connectivity index (χ0v) is 31.3. The monoisotopic (exact) mass is 724 g/mol. The van der Waals surface area contributed by atoms with Crippen molar-refractivity contribution < 1.29 is 0 Å². The fraction of sp³-hybridized carbons (Fsp3) is 0. The molecule has 0 saturated heterocycles. The molecule has 2 nitrogen and oxygen atoms in total. The molecule has 0 radical (unpaired) electrons. The molecule has 266 valence electrons. The summed E-state index contributed by atoms with van der Waals surface area (Å²) >= 11 is 0. The van der Waals surface area contributed by atoms with Crippen LogP contribution >= 0.6 is 0 Å². The Kier molecular flexibility index (Phi) is 7.96. The van der Waals surface area contributed by atoms with E-state index in [0.717, 1.165) is 11.4 Å². The van der Waals surface area contributed by atoms with Crippen molar-refractivity contribution in [3.8, 4) is 44.5 Å². The van der Waals surface area contributed by atoms with Crippen molar-refractivity contribution in [2.45, 2.75) is 0 Å². The molecule has 0 fully saturated rings. The van der Waals surface area contributed by atoms with Gasteiger partial charge in [0.1, 0.15) is 0 Å². The second kappa shape index (κ2) is 13.7. The summed E-state index contributed by atoms with van der Waals surface area (Å²) in [5, 5.41) is 0. The second-order valence-corrected chi connectivity index (χ2v) is 14.9. The molecule has 9 aromatic carbocycles. The molecule has 2 aliphatic rings. The molecule has 9 aromatic rings. The van der Waals surface area contributed by atoms with Gasteiger partial charge in [-0.25, -0.2) is 0 Å². The Morgan fingerprint density at radius 3 is 0.982 bits per heavy atom. The minimum Gasteiger partial charge on any atom is -0.311 e. The Bertz CT molecular complexity index is 2680. The van der Waals surface area contributed by atoms with Crippen molar-refractivity contribution >= 4 is 57.2 Å². The van der Waals surface area contributed by atoms with E-state index in [0.29, 0.717) is 0 Å². The van der Waals surface area contributed by atoms with Crippen molar-refractivity contribution in [2.75, 3.05) is 9.80 Å². The normalized spacial score (nSPS) is 12.5. The largest absolute Gasteiger partial charge is 0.311 e. The lowest BCUT2D eigenvalue weighted by Crippen LogP contribution is -2.61. The zero-order chi connectivity index (χ0) is 37.7. The van der Waals surface area contributed by atoms with Crippen LogP contribution in [-0.4, -0.2) is 6.71 Å². The Balaban J connectivity index is 1.24. The van der Waals surface area contributed by atoms with E-state index in [4.69, 9.17) is 0 Å². The number of anilines is 6. The zero-order valence-electron chi connectivity index (χ0n) is 31.3. The van der Waals surface area contributed by atoms with Crippen LogP contribution in [0.1, 0.15) is 0 Å². The van der Waals surface area contributed by atoms with Gasteiger partial charge in [0.25, 0.3) is 6.71 Å². The third-order valence-corrected chi connectivity index (χ3v) is 11.7. The molecule has 57 heavy (non-hydrogen) atoms. The first-order valence-corrected chi connectivity index (χ1v) is 19.7. The molecular weight excluding hydrogens is 687 g/mol. The van der Waals surface area contributed by atoms with E-state index in [1.807, 2.05) is 0 Å². The molecule has 0 N–H and O–H groups in total. The van der Waals surface area contributed by atoms with Crippen LogP contribution in [0.5, 0.6) is 0 Å². The van der Waals surface area contributed by atoms with Gasteiger partial charge in [-0.2, -0.15) is 0 Å². The van der Waals surface area contributed by atoms with Crippen LogP contribution in [0.25, 0.3) is 44.5 Å². The van der Waals surface area contributed by atoms with Crippen molar-refractivity contribution in [3.05, 3.63) is 224 Å². The lowest BCUT2D eigenvalue weighted by Gasteiger charge is -2.46. The summed E-state index contributed by atoms with van der Waals surface area (Å²) in [5.41, 5.74) is 20.6. The molecule has 0 atom stereocenters. The Morgan fingerprint density at radius 2 is 0.596 bits per heavy atom. The van der Waals surface area contributed by atoms with Crippen LogP contribution in [0.4, 0.5) is 34.1 Å². The van der Waals surface area contributed by atoms with E-state index in [1.54, 1.807) is 0 Å². The van der Waals surface area contributed by atoms with Crippen LogP contribution < -0.4 is 26.2 Å². The SMILES string of the molecule is c1ccc(-c2ccc(N3c4ccccc4B4c5ccccc5N(c5ccc(-c6ccccc6)cc5)c5c(-c6ccccc6)cc(-c6ccccc6)c3c54)cc2)cc1. The van der Waals surface area contributed by atoms with Gasteiger partial charge in [-0.1, -0.05) is 182 Å². The molecule has 3 heteroatoms. The summed E-state index contributed by atoms with van der Waals surface area (Å²) in [7, 11) is 0. The van der Waals surface area contributed by atoms with E-state index >= 15 is 0 Å². The average molecular weight is 725 g/mol. The van der Waals surface area contributed by atoms with E-state index in [1.165, 1.54) is 83.6 Å². The van der Waals surface area contributed by atoms with Crippen LogP contribution in [0.2, 0.25) is 0 Å². The molecule has 2 aliphatic heterocycles. The van der Waals surface area contributed by atoms with Gasteiger partial charge < -0.3 is 9.80 Å². The molecular formula is C54H37BN2. The van der Waals surface area contributed by atoms with Crippen LogP contribution in [0.3, 0.4) is 0 Å². The fourth-order valence-corrected chi connectivity index (χ4v) is 9.11. The van der Waals surface area contributed by atoms with Crippen LogP contribution in [0.15, 0.2) is 224 Å². The van der Waals surface area contributed by atoms with Gasteiger partial charge in [-0.05, 0) is 92.2 Å².